The predicted octanol–water partition coefficient (Wildman–Crippen LogP) is 4.35. The number of aryl methyl sites for hydroxylation is 4. The molecule has 5 rings (SSSR count). The maximum atomic E-state index is 4.60. The third-order valence-electron chi connectivity index (χ3n) is 5.50. The summed E-state index contributed by atoms with van der Waals surface area (Å²) in [5.74, 6) is 0.693. The van der Waals surface area contributed by atoms with Crippen LogP contribution in [0.2, 0.25) is 0 Å². The molecule has 4 heterocycles. The van der Waals surface area contributed by atoms with Gasteiger partial charge in [0.05, 0.1) is 12.4 Å². The molecule has 0 aliphatic heterocycles. The van der Waals surface area contributed by atoms with Crippen molar-refractivity contribution in [1.82, 2.24) is 34.5 Å². The van der Waals surface area contributed by atoms with Gasteiger partial charge in [0.1, 0.15) is 0 Å². The van der Waals surface area contributed by atoms with E-state index in [0.717, 1.165) is 46.5 Å². The molecule has 0 spiro atoms. The Kier molecular flexibility index (Phi) is 5.29. The van der Waals surface area contributed by atoms with Gasteiger partial charge in [-0.3, -0.25) is 14.3 Å². The molecule has 5 aromatic rings. The molecule has 0 saturated carbocycles. The lowest BCUT2D eigenvalue weighted by Crippen LogP contribution is -2.03. The van der Waals surface area contributed by atoms with E-state index >= 15 is 0 Å². The summed E-state index contributed by atoms with van der Waals surface area (Å²) in [6, 6.07) is 12.3. The highest BCUT2D eigenvalue weighted by Gasteiger charge is 2.08. The minimum absolute atomic E-state index is 0.693. The third-order valence-corrected chi connectivity index (χ3v) is 5.50. The molecule has 0 saturated heterocycles. The van der Waals surface area contributed by atoms with E-state index in [0.29, 0.717) is 5.82 Å². The average Bonchev–Trinajstić information content (AvgIpc) is 3.48. The standard InChI is InChI=1S/C25H23N7/c1-18-19(7-4-9-26-18)8-10-32-17-24(15-30-32)22-12-27-25(28-13-22)21-6-3-5-20(11-21)23-14-29-31(2)16-23/h3-7,9,11-17H,8,10H2,1-2H3. The zero-order valence-electron chi connectivity index (χ0n) is 18.1. The molecule has 0 aliphatic rings. The summed E-state index contributed by atoms with van der Waals surface area (Å²) in [5, 5.41) is 8.75. The molecule has 4 aromatic heterocycles. The highest BCUT2D eigenvalue weighted by Crippen LogP contribution is 2.25. The van der Waals surface area contributed by atoms with Crippen molar-refractivity contribution >= 4 is 0 Å². The zero-order chi connectivity index (χ0) is 21.9. The van der Waals surface area contributed by atoms with Crippen molar-refractivity contribution in [1.29, 1.82) is 0 Å². The fraction of sp³-hybridized carbons (Fsp3) is 0.160. The lowest BCUT2D eigenvalue weighted by atomic mass is 10.1. The second kappa shape index (κ2) is 8.55. The SMILES string of the molecule is Cc1ncccc1CCn1cc(-c2cnc(-c3cccc(-c4cnn(C)c4)c3)nc2)cn1. The lowest BCUT2D eigenvalue weighted by Gasteiger charge is -2.05. The number of rotatable bonds is 6. The molecule has 0 unspecified atom stereocenters. The van der Waals surface area contributed by atoms with Crippen molar-refractivity contribution in [3.8, 4) is 33.6 Å². The molecule has 0 atom stereocenters. The fourth-order valence-corrected chi connectivity index (χ4v) is 3.69. The minimum Gasteiger partial charge on any atom is -0.275 e. The Morgan fingerprint density at radius 1 is 0.750 bits per heavy atom. The van der Waals surface area contributed by atoms with Gasteiger partial charge in [0.2, 0.25) is 0 Å². The van der Waals surface area contributed by atoms with E-state index in [4.69, 9.17) is 0 Å². The van der Waals surface area contributed by atoms with Gasteiger partial charge in [-0.05, 0) is 36.6 Å². The van der Waals surface area contributed by atoms with Crippen molar-refractivity contribution in [2.45, 2.75) is 19.9 Å². The first-order chi connectivity index (χ1) is 15.7. The lowest BCUT2D eigenvalue weighted by molar-refractivity contribution is 0.612. The Hall–Kier alpha value is -4.13. The second-order valence-corrected chi connectivity index (χ2v) is 7.77. The van der Waals surface area contributed by atoms with Gasteiger partial charge in [-0.15, -0.1) is 0 Å². The molecular weight excluding hydrogens is 398 g/mol. The number of nitrogens with zero attached hydrogens (tertiary/aromatic N) is 7. The van der Waals surface area contributed by atoms with Gasteiger partial charge >= 0.3 is 0 Å². The van der Waals surface area contributed by atoms with E-state index in [1.807, 2.05) is 80.2 Å². The molecule has 0 radical (unpaired) electrons. The van der Waals surface area contributed by atoms with Crippen LogP contribution in [0.1, 0.15) is 11.3 Å². The van der Waals surface area contributed by atoms with Crippen molar-refractivity contribution < 1.29 is 0 Å². The Bertz CT molecular complexity index is 1350. The Morgan fingerprint density at radius 2 is 1.53 bits per heavy atom. The highest BCUT2D eigenvalue weighted by molar-refractivity contribution is 5.70. The van der Waals surface area contributed by atoms with E-state index < -0.39 is 0 Å². The van der Waals surface area contributed by atoms with Crippen LogP contribution in [0, 0.1) is 6.92 Å². The smallest absolute Gasteiger partial charge is 0.159 e. The fourth-order valence-electron chi connectivity index (χ4n) is 3.69. The van der Waals surface area contributed by atoms with Gasteiger partial charge in [0, 0.05) is 72.5 Å². The van der Waals surface area contributed by atoms with Crippen molar-refractivity contribution in [3.05, 3.63) is 91.0 Å². The average molecular weight is 422 g/mol. The maximum Gasteiger partial charge on any atom is 0.159 e. The van der Waals surface area contributed by atoms with Crippen LogP contribution in [0.25, 0.3) is 33.6 Å². The highest BCUT2D eigenvalue weighted by atomic mass is 15.3. The summed E-state index contributed by atoms with van der Waals surface area (Å²) >= 11 is 0. The molecule has 0 N–H and O–H groups in total. The first-order valence-electron chi connectivity index (χ1n) is 10.5. The second-order valence-electron chi connectivity index (χ2n) is 7.77. The van der Waals surface area contributed by atoms with Gasteiger partial charge in [0.15, 0.2) is 5.82 Å². The van der Waals surface area contributed by atoms with E-state index in [9.17, 15) is 0 Å². The van der Waals surface area contributed by atoms with Crippen molar-refractivity contribution in [3.63, 3.8) is 0 Å². The van der Waals surface area contributed by atoms with Crippen LogP contribution < -0.4 is 0 Å². The van der Waals surface area contributed by atoms with Crippen LogP contribution in [0.3, 0.4) is 0 Å². The zero-order valence-corrected chi connectivity index (χ0v) is 18.1. The monoisotopic (exact) mass is 421 g/mol. The van der Waals surface area contributed by atoms with E-state index in [-0.39, 0.29) is 0 Å². The van der Waals surface area contributed by atoms with Crippen LogP contribution in [0.5, 0.6) is 0 Å². The summed E-state index contributed by atoms with van der Waals surface area (Å²) in [7, 11) is 1.91. The van der Waals surface area contributed by atoms with Crippen molar-refractivity contribution in [2.24, 2.45) is 7.05 Å². The third kappa shape index (κ3) is 4.18. The number of pyridine rings is 1. The number of benzene rings is 1. The Morgan fingerprint density at radius 3 is 2.31 bits per heavy atom. The minimum atomic E-state index is 0.693. The molecule has 7 nitrogen and oxygen atoms in total. The van der Waals surface area contributed by atoms with Crippen LogP contribution in [-0.2, 0) is 20.0 Å². The molecular formula is C25H23N7. The summed E-state index contributed by atoms with van der Waals surface area (Å²) in [6.45, 7) is 2.84. The summed E-state index contributed by atoms with van der Waals surface area (Å²) in [5.41, 5.74) is 7.39. The molecule has 0 bridgehead atoms. The van der Waals surface area contributed by atoms with Crippen LogP contribution >= 0.6 is 0 Å². The van der Waals surface area contributed by atoms with Crippen LogP contribution in [0.15, 0.2) is 79.8 Å². The van der Waals surface area contributed by atoms with E-state index in [1.54, 1.807) is 4.68 Å². The van der Waals surface area contributed by atoms with E-state index in [1.165, 1.54) is 5.56 Å². The first kappa shape index (κ1) is 19.8. The Labute approximate surface area is 186 Å². The van der Waals surface area contributed by atoms with Gasteiger partial charge in [-0.1, -0.05) is 24.3 Å². The van der Waals surface area contributed by atoms with Crippen LogP contribution in [0.4, 0.5) is 0 Å². The molecule has 1 aromatic carbocycles. The first-order valence-corrected chi connectivity index (χ1v) is 10.5. The van der Waals surface area contributed by atoms with Gasteiger partial charge in [-0.2, -0.15) is 10.2 Å². The topological polar surface area (TPSA) is 74.3 Å². The normalized spacial score (nSPS) is 11.1. The molecule has 32 heavy (non-hydrogen) atoms. The quantitative estimate of drug-likeness (QED) is 0.407. The molecule has 7 heteroatoms. The molecule has 0 amide bonds. The molecule has 0 aliphatic carbocycles. The number of hydrogen-bond donors (Lipinski definition) is 0. The number of hydrogen-bond acceptors (Lipinski definition) is 5. The largest absolute Gasteiger partial charge is 0.275 e. The van der Waals surface area contributed by atoms with Gasteiger partial charge in [0.25, 0.3) is 0 Å². The molecule has 0 fully saturated rings. The number of aromatic nitrogens is 7. The van der Waals surface area contributed by atoms with E-state index in [2.05, 4.69) is 43.3 Å². The van der Waals surface area contributed by atoms with Crippen LogP contribution in [-0.4, -0.2) is 34.5 Å². The van der Waals surface area contributed by atoms with Crippen molar-refractivity contribution in [2.75, 3.05) is 0 Å². The predicted molar refractivity (Wildman–Crippen MR) is 124 cm³/mol. The molecule has 158 valence electrons. The van der Waals surface area contributed by atoms with Gasteiger partial charge < -0.3 is 0 Å². The van der Waals surface area contributed by atoms with Gasteiger partial charge in [-0.25, -0.2) is 9.97 Å². The maximum absolute atomic E-state index is 4.60. The summed E-state index contributed by atoms with van der Waals surface area (Å²) in [4.78, 5) is 13.6. The Balaban J connectivity index is 1.31. The summed E-state index contributed by atoms with van der Waals surface area (Å²) < 4.78 is 3.75. The summed E-state index contributed by atoms with van der Waals surface area (Å²) in [6.07, 6.45) is 14.2.